The van der Waals surface area contributed by atoms with Crippen LogP contribution >= 0.6 is 11.6 Å². The molecule has 1 amide bonds. The smallest absolute Gasteiger partial charge is 0.321 e. The van der Waals surface area contributed by atoms with Gasteiger partial charge in [0, 0.05) is 36.9 Å². The number of ether oxygens (including phenoxy) is 1. The van der Waals surface area contributed by atoms with Crippen LogP contribution in [0, 0.1) is 12.8 Å². The lowest BCUT2D eigenvalue weighted by Crippen LogP contribution is -2.57. The first kappa shape index (κ1) is 22.1. The lowest BCUT2D eigenvalue weighted by molar-refractivity contribution is -0.153. The van der Waals surface area contributed by atoms with Gasteiger partial charge in [0.1, 0.15) is 6.04 Å². The molecule has 0 radical (unpaired) electrons. The maximum atomic E-state index is 13.0. The molecule has 0 unspecified atom stereocenters. The van der Waals surface area contributed by atoms with Crippen LogP contribution in [0.3, 0.4) is 0 Å². The van der Waals surface area contributed by atoms with E-state index in [1.54, 1.807) is 6.92 Å². The van der Waals surface area contributed by atoms with Crippen molar-refractivity contribution in [2.75, 3.05) is 37.7 Å². The SMILES string of the molecule is CCOC(=O)[C@@H]1C(=O)NC(N2CCN(c3ccc(Cl)cc3)CC2)=N[C@@H]1c1cccc(C)c1. The Balaban J connectivity index is 1.56. The van der Waals surface area contributed by atoms with Crippen molar-refractivity contribution in [2.24, 2.45) is 10.9 Å². The van der Waals surface area contributed by atoms with Crippen molar-refractivity contribution in [1.29, 1.82) is 0 Å². The van der Waals surface area contributed by atoms with Gasteiger partial charge in [-0.25, -0.2) is 4.99 Å². The molecule has 0 bridgehead atoms. The quantitative estimate of drug-likeness (QED) is 0.567. The zero-order valence-corrected chi connectivity index (χ0v) is 19.0. The second kappa shape index (κ2) is 9.61. The second-order valence-electron chi connectivity index (χ2n) is 7.98. The number of guanidine groups is 1. The van der Waals surface area contributed by atoms with Crippen molar-refractivity contribution >= 4 is 35.1 Å². The fourth-order valence-electron chi connectivity index (χ4n) is 4.15. The summed E-state index contributed by atoms with van der Waals surface area (Å²) in [6, 6.07) is 14.9. The second-order valence-corrected chi connectivity index (χ2v) is 8.42. The summed E-state index contributed by atoms with van der Waals surface area (Å²) in [7, 11) is 0. The largest absolute Gasteiger partial charge is 0.465 e. The van der Waals surface area contributed by atoms with E-state index >= 15 is 0 Å². The summed E-state index contributed by atoms with van der Waals surface area (Å²) in [5.41, 5.74) is 2.99. The maximum absolute atomic E-state index is 13.0. The van der Waals surface area contributed by atoms with Gasteiger partial charge in [0.05, 0.1) is 6.61 Å². The monoisotopic (exact) mass is 454 g/mol. The molecule has 0 spiro atoms. The summed E-state index contributed by atoms with van der Waals surface area (Å²) in [6.45, 7) is 6.90. The number of amides is 1. The van der Waals surface area contributed by atoms with Crippen LogP contribution in [0.4, 0.5) is 5.69 Å². The third-order valence-electron chi connectivity index (χ3n) is 5.79. The number of carbonyl (C=O) groups excluding carboxylic acids is 2. The summed E-state index contributed by atoms with van der Waals surface area (Å²) >= 11 is 6.00. The van der Waals surface area contributed by atoms with Crippen molar-refractivity contribution in [3.8, 4) is 0 Å². The predicted octanol–water partition coefficient (Wildman–Crippen LogP) is 3.18. The first-order valence-corrected chi connectivity index (χ1v) is 11.2. The Hall–Kier alpha value is -3.06. The Morgan fingerprint density at radius 1 is 1.12 bits per heavy atom. The van der Waals surface area contributed by atoms with E-state index < -0.39 is 17.9 Å². The minimum absolute atomic E-state index is 0.215. The van der Waals surface area contributed by atoms with Crippen molar-refractivity contribution in [3.05, 3.63) is 64.7 Å². The van der Waals surface area contributed by atoms with E-state index in [1.807, 2.05) is 55.5 Å². The first-order chi connectivity index (χ1) is 15.5. The molecule has 2 aliphatic heterocycles. The van der Waals surface area contributed by atoms with E-state index in [1.165, 1.54) is 0 Å². The number of nitrogens with one attached hydrogen (secondary N) is 1. The summed E-state index contributed by atoms with van der Waals surface area (Å²) in [5, 5.41) is 3.57. The average molecular weight is 455 g/mol. The Morgan fingerprint density at radius 2 is 1.81 bits per heavy atom. The van der Waals surface area contributed by atoms with Gasteiger partial charge in [0.15, 0.2) is 5.92 Å². The molecule has 2 aromatic carbocycles. The number of nitrogens with zero attached hydrogens (tertiary/aromatic N) is 3. The van der Waals surface area contributed by atoms with Crippen LogP contribution in [0.5, 0.6) is 0 Å². The van der Waals surface area contributed by atoms with Crippen LogP contribution in [0.15, 0.2) is 53.5 Å². The first-order valence-electron chi connectivity index (χ1n) is 10.8. The number of benzene rings is 2. The van der Waals surface area contributed by atoms with E-state index in [0.29, 0.717) is 24.1 Å². The maximum Gasteiger partial charge on any atom is 0.321 e. The Kier molecular flexibility index (Phi) is 6.65. The van der Waals surface area contributed by atoms with Crippen LogP contribution in [0.2, 0.25) is 5.02 Å². The summed E-state index contributed by atoms with van der Waals surface area (Å²) < 4.78 is 5.19. The molecule has 168 valence electrons. The van der Waals surface area contributed by atoms with Gasteiger partial charge in [-0.05, 0) is 43.7 Å². The number of anilines is 1. The molecule has 2 aliphatic rings. The molecule has 4 rings (SSSR count). The summed E-state index contributed by atoms with van der Waals surface area (Å²) in [5.74, 6) is -1.42. The van der Waals surface area contributed by atoms with Crippen LogP contribution in [-0.2, 0) is 14.3 Å². The summed E-state index contributed by atoms with van der Waals surface area (Å²) in [4.78, 5) is 34.8. The van der Waals surface area contributed by atoms with Gasteiger partial charge in [-0.2, -0.15) is 0 Å². The number of halogens is 1. The van der Waals surface area contributed by atoms with Crippen LogP contribution in [0.25, 0.3) is 0 Å². The number of hydrogen-bond acceptors (Lipinski definition) is 6. The standard InChI is InChI=1S/C24H27ClN4O3/c1-3-32-23(31)20-21(17-6-4-5-16(2)15-17)26-24(27-22(20)30)29-13-11-28(12-14-29)19-9-7-18(25)8-10-19/h4-10,15,20-21H,3,11-14H2,1-2H3,(H,26,27,30)/t20-,21+/m0/s1. The Labute approximate surface area is 193 Å². The molecule has 2 heterocycles. The molecule has 7 nitrogen and oxygen atoms in total. The molecule has 0 aliphatic carbocycles. The Morgan fingerprint density at radius 3 is 2.47 bits per heavy atom. The minimum Gasteiger partial charge on any atom is -0.465 e. The van der Waals surface area contributed by atoms with E-state index in [2.05, 4.69) is 15.1 Å². The molecular formula is C24H27ClN4O3. The average Bonchev–Trinajstić information content (AvgIpc) is 2.79. The lowest BCUT2D eigenvalue weighted by Gasteiger charge is -2.39. The van der Waals surface area contributed by atoms with Crippen molar-refractivity contribution in [2.45, 2.75) is 19.9 Å². The fraction of sp³-hybridized carbons (Fsp3) is 0.375. The van der Waals surface area contributed by atoms with Crippen LogP contribution in [-0.4, -0.2) is 55.5 Å². The minimum atomic E-state index is -1.00. The number of aliphatic imine (C=N–C) groups is 1. The molecule has 1 N–H and O–H groups in total. The molecule has 0 aromatic heterocycles. The van der Waals surface area contributed by atoms with Gasteiger partial charge in [-0.1, -0.05) is 41.4 Å². The van der Waals surface area contributed by atoms with Crippen molar-refractivity contribution in [3.63, 3.8) is 0 Å². The van der Waals surface area contributed by atoms with E-state index in [9.17, 15) is 9.59 Å². The highest BCUT2D eigenvalue weighted by Gasteiger charge is 2.42. The molecule has 32 heavy (non-hydrogen) atoms. The molecule has 1 fully saturated rings. The van der Waals surface area contributed by atoms with Gasteiger partial charge in [0.2, 0.25) is 11.9 Å². The van der Waals surface area contributed by atoms with E-state index in [-0.39, 0.29) is 12.5 Å². The van der Waals surface area contributed by atoms with Gasteiger partial charge in [-0.3, -0.25) is 14.9 Å². The third kappa shape index (κ3) is 4.72. The number of hydrogen-bond donors (Lipinski definition) is 1. The van der Waals surface area contributed by atoms with Crippen LogP contribution in [0.1, 0.15) is 24.1 Å². The number of esters is 1. The highest BCUT2D eigenvalue weighted by Crippen LogP contribution is 2.31. The number of rotatable bonds is 4. The van der Waals surface area contributed by atoms with Crippen molar-refractivity contribution in [1.82, 2.24) is 10.2 Å². The number of carbonyl (C=O) groups is 2. The number of piperazine rings is 1. The highest BCUT2D eigenvalue weighted by molar-refractivity contribution is 6.30. The summed E-state index contributed by atoms with van der Waals surface area (Å²) in [6.07, 6.45) is 0. The normalized spacial score (nSPS) is 21.1. The highest BCUT2D eigenvalue weighted by atomic mass is 35.5. The van der Waals surface area contributed by atoms with E-state index in [0.717, 1.165) is 29.9 Å². The molecule has 2 aromatic rings. The topological polar surface area (TPSA) is 74.2 Å². The lowest BCUT2D eigenvalue weighted by atomic mass is 9.90. The van der Waals surface area contributed by atoms with Gasteiger partial charge in [0.25, 0.3) is 0 Å². The molecule has 0 saturated carbocycles. The number of aryl methyl sites for hydroxylation is 1. The van der Waals surface area contributed by atoms with Crippen LogP contribution < -0.4 is 10.2 Å². The van der Waals surface area contributed by atoms with E-state index in [4.69, 9.17) is 21.3 Å². The van der Waals surface area contributed by atoms with Gasteiger partial charge >= 0.3 is 5.97 Å². The zero-order chi connectivity index (χ0) is 22.7. The Bertz CT molecular complexity index is 1020. The zero-order valence-electron chi connectivity index (χ0n) is 18.3. The molecule has 8 heteroatoms. The molecular weight excluding hydrogens is 428 g/mol. The molecule has 1 saturated heterocycles. The van der Waals surface area contributed by atoms with Gasteiger partial charge < -0.3 is 14.5 Å². The fourth-order valence-corrected chi connectivity index (χ4v) is 4.27. The van der Waals surface area contributed by atoms with Gasteiger partial charge in [-0.15, -0.1) is 0 Å². The third-order valence-corrected chi connectivity index (χ3v) is 6.04. The molecule has 2 atom stereocenters. The predicted molar refractivity (Wildman–Crippen MR) is 125 cm³/mol. The van der Waals surface area contributed by atoms with Crippen molar-refractivity contribution < 1.29 is 14.3 Å².